The first-order chi connectivity index (χ1) is 15.1. The predicted molar refractivity (Wildman–Crippen MR) is 109 cm³/mol. The number of halogens is 3. The molecule has 1 aliphatic carbocycles. The van der Waals surface area contributed by atoms with Crippen molar-refractivity contribution in [2.75, 3.05) is 0 Å². The maximum Gasteiger partial charge on any atom is 0.362 e. The van der Waals surface area contributed by atoms with Gasteiger partial charge in [-0.1, -0.05) is 16.3 Å². The van der Waals surface area contributed by atoms with Gasteiger partial charge >= 0.3 is 5.69 Å². The summed E-state index contributed by atoms with van der Waals surface area (Å²) in [5.41, 5.74) is -2.74. The highest BCUT2D eigenvalue weighted by molar-refractivity contribution is 7.91. The van der Waals surface area contributed by atoms with Crippen molar-refractivity contribution >= 4 is 43.2 Å². The van der Waals surface area contributed by atoms with Gasteiger partial charge in [-0.2, -0.15) is 5.10 Å². The van der Waals surface area contributed by atoms with Crippen LogP contribution in [-0.4, -0.2) is 39.3 Å². The van der Waals surface area contributed by atoms with Crippen LogP contribution in [0.3, 0.4) is 0 Å². The van der Waals surface area contributed by atoms with Crippen molar-refractivity contribution < 1.29 is 22.4 Å². The summed E-state index contributed by atoms with van der Waals surface area (Å²) in [5.74, 6) is -0.854. The van der Waals surface area contributed by atoms with Crippen molar-refractivity contribution in [1.82, 2.24) is 19.5 Å². The molecule has 166 valence electrons. The van der Waals surface area contributed by atoms with E-state index in [9.17, 15) is 32.0 Å². The summed E-state index contributed by atoms with van der Waals surface area (Å²) in [6.45, 7) is 0. The largest absolute Gasteiger partial charge is 0.421 e. The number of benzene rings is 2. The zero-order valence-corrected chi connectivity index (χ0v) is 17.5. The zero-order chi connectivity index (χ0) is 22.9. The fraction of sp³-hybridized carbons (Fsp3) is 0.211. The Balaban J connectivity index is 1.76. The van der Waals surface area contributed by atoms with Gasteiger partial charge in [0.1, 0.15) is 12.0 Å². The molecule has 1 aliphatic rings. The molecule has 5 rings (SSSR count). The van der Waals surface area contributed by atoms with Crippen molar-refractivity contribution in [1.29, 1.82) is 0 Å². The van der Waals surface area contributed by atoms with Crippen molar-refractivity contribution in [2.45, 2.75) is 34.8 Å². The van der Waals surface area contributed by atoms with Crippen LogP contribution in [0.4, 0.5) is 8.78 Å². The van der Waals surface area contributed by atoms with Gasteiger partial charge in [0, 0.05) is 12.8 Å². The van der Waals surface area contributed by atoms with Crippen molar-refractivity contribution in [3.05, 3.63) is 62.1 Å². The molecule has 0 bridgehead atoms. The highest BCUT2D eigenvalue weighted by Crippen LogP contribution is 2.38. The number of hydrogen-bond acceptors (Lipinski definition) is 6. The summed E-state index contributed by atoms with van der Waals surface area (Å²) in [5, 5.41) is 13.1. The van der Waals surface area contributed by atoms with Gasteiger partial charge in [-0.15, -0.1) is 0 Å². The van der Waals surface area contributed by atoms with Crippen LogP contribution in [0, 0.1) is 5.82 Å². The molecule has 2 N–H and O–H groups in total. The minimum absolute atomic E-state index is 0.0730. The number of nitrogens with zero attached hydrogens (tertiary/aromatic N) is 3. The minimum atomic E-state index is -4.48. The quantitative estimate of drug-likeness (QED) is 0.432. The highest BCUT2D eigenvalue weighted by atomic mass is 35.5. The lowest BCUT2D eigenvalue weighted by Gasteiger charge is -2.30. The van der Waals surface area contributed by atoms with E-state index in [1.807, 2.05) is 0 Å². The molecular weight excluding hydrogens is 470 g/mol. The molecule has 0 saturated heterocycles. The number of aromatic nitrogens is 4. The van der Waals surface area contributed by atoms with E-state index in [2.05, 4.69) is 10.1 Å². The molecule has 2 heterocycles. The molecule has 4 aromatic rings. The van der Waals surface area contributed by atoms with Gasteiger partial charge in [0.15, 0.2) is 0 Å². The average Bonchev–Trinajstić information content (AvgIpc) is 3.13. The topological polar surface area (TPSA) is 127 Å². The first kappa shape index (κ1) is 20.6. The second kappa shape index (κ2) is 6.87. The Morgan fingerprint density at radius 1 is 1.22 bits per heavy atom. The van der Waals surface area contributed by atoms with E-state index in [0.29, 0.717) is 0 Å². The fourth-order valence-electron chi connectivity index (χ4n) is 3.85. The van der Waals surface area contributed by atoms with E-state index < -0.39 is 53.8 Å². The van der Waals surface area contributed by atoms with Crippen LogP contribution in [-0.2, 0) is 9.84 Å². The molecule has 0 unspecified atom stereocenters. The smallest absolute Gasteiger partial charge is 0.362 e. The minimum Gasteiger partial charge on any atom is -0.421 e. The SMILES string of the molecule is O=c1[nH]c2c(S(=O)(=O)c3cc(F)c4cnn([C@H]5C[C@H](F)C5)c4c3)ccc(Cl)c2c(=O)n1O. The number of rotatable bonds is 3. The van der Waals surface area contributed by atoms with Crippen LogP contribution in [0.15, 0.2) is 49.8 Å². The second-order valence-corrected chi connectivity index (χ2v) is 9.82. The Kier molecular flexibility index (Phi) is 4.43. The predicted octanol–water partition coefficient (Wildman–Crippen LogP) is 2.58. The lowest BCUT2D eigenvalue weighted by molar-refractivity contribution is 0.131. The van der Waals surface area contributed by atoms with Crippen LogP contribution in [0.1, 0.15) is 18.9 Å². The van der Waals surface area contributed by atoms with Crippen molar-refractivity contribution in [3.63, 3.8) is 0 Å². The number of sulfone groups is 1. The van der Waals surface area contributed by atoms with Crippen molar-refractivity contribution in [3.8, 4) is 0 Å². The number of fused-ring (bicyclic) bond motifs is 2. The number of aromatic amines is 1. The van der Waals surface area contributed by atoms with Crippen LogP contribution < -0.4 is 11.2 Å². The molecule has 2 aromatic carbocycles. The third-order valence-electron chi connectivity index (χ3n) is 5.59. The number of hydrogen-bond donors (Lipinski definition) is 2. The van der Waals surface area contributed by atoms with Gasteiger partial charge in [0.25, 0.3) is 5.56 Å². The van der Waals surface area contributed by atoms with Crippen LogP contribution in [0.25, 0.3) is 21.8 Å². The highest BCUT2D eigenvalue weighted by Gasteiger charge is 2.33. The van der Waals surface area contributed by atoms with E-state index in [1.54, 1.807) is 0 Å². The Labute approximate surface area is 182 Å². The fourth-order valence-corrected chi connectivity index (χ4v) is 5.53. The zero-order valence-electron chi connectivity index (χ0n) is 15.9. The van der Waals surface area contributed by atoms with E-state index in [-0.39, 0.29) is 39.5 Å². The van der Waals surface area contributed by atoms with E-state index in [4.69, 9.17) is 11.6 Å². The summed E-state index contributed by atoms with van der Waals surface area (Å²) >= 11 is 5.99. The normalized spacial score (nSPS) is 18.8. The lowest BCUT2D eigenvalue weighted by atomic mass is 9.91. The standard InChI is InChI=1S/C19H13ClF2N4O5S/c20-12-1-2-15(17-16(12)18(27)26(29)19(28)24-17)32(30,31)10-5-13(22)11-7-23-25(14(11)6-10)9-3-8(21)4-9/h1-2,5-9,29H,3-4H2,(H,24,28)/t8-,9-. The Hall–Kier alpha value is -3.25. The third-order valence-corrected chi connectivity index (χ3v) is 7.68. The Morgan fingerprint density at radius 3 is 2.62 bits per heavy atom. The molecule has 0 spiro atoms. The maximum absolute atomic E-state index is 14.8. The molecule has 0 radical (unpaired) electrons. The van der Waals surface area contributed by atoms with Gasteiger partial charge in [-0.25, -0.2) is 22.0 Å². The Bertz CT molecular complexity index is 1650. The van der Waals surface area contributed by atoms with Crippen LogP contribution in [0.2, 0.25) is 5.02 Å². The number of nitrogens with one attached hydrogen (secondary N) is 1. The summed E-state index contributed by atoms with van der Waals surface area (Å²) in [6.07, 6.45) is 0.618. The van der Waals surface area contributed by atoms with E-state index in [1.165, 1.54) is 16.9 Å². The molecule has 1 saturated carbocycles. The summed E-state index contributed by atoms with van der Waals surface area (Å²) in [4.78, 5) is 25.3. The molecule has 0 aliphatic heterocycles. The number of H-pyrrole nitrogens is 1. The molecular formula is C19H13ClF2N4O5S. The second-order valence-electron chi connectivity index (χ2n) is 7.50. The van der Waals surface area contributed by atoms with Crippen molar-refractivity contribution in [2.24, 2.45) is 0 Å². The Morgan fingerprint density at radius 2 is 1.94 bits per heavy atom. The molecule has 32 heavy (non-hydrogen) atoms. The molecule has 9 nitrogen and oxygen atoms in total. The van der Waals surface area contributed by atoms with E-state index >= 15 is 0 Å². The van der Waals surface area contributed by atoms with Gasteiger partial charge in [-0.3, -0.25) is 9.48 Å². The monoisotopic (exact) mass is 482 g/mol. The average molecular weight is 483 g/mol. The molecule has 0 atom stereocenters. The van der Waals surface area contributed by atoms with Gasteiger partial charge in [-0.05, 0) is 24.3 Å². The first-order valence-corrected chi connectivity index (χ1v) is 11.2. The van der Waals surface area contributed by atoms with E-state index in [0.717, 1.165) is 18.2 Å². The first-order valence-electron chi connectivity index (χ1n) is 9.32. The molecule has 13 heteroatoms. The van der Waals surface area contributed by atoms with Gasteiger partial charge in [0.05, 0.1) is 48.9 Å². The maximum atomic E-state index is 14.8. The summed E-state index contributed by atoms with van der Waals surface area (Å²) < 4.78 is 56.1. The van der Waals surface area contributed by atoms with Crippen LogP contribution >= 0.6 is 11.6 Å². The van der Waals surface area contributed by atoms with Gasteiger partial charge in [0.2, 0.25) is 9.84 Å². The van der Waals surface area contributed by atoms with Crippen LogP contribution in [0.5, 0.6) is 0 Å². The molecule has 2 aromatic heterocycles. The molecule has 0 amide bonds. The van der Waals surface area contributed by atoms with Gasteiger partial charge < -0.3 is 10.2 Å². The number of alkyl halides is 1. The third kappa shape index (κ3) is 2.86. The summed E-state index contributed by atoms with van der Waals surface area (Å²) in [7, 11) is -4.48. The lowest BCUT2D eigenvalue weighted by Crippen LogP contribution is -2.33. The summed E-state index contributed by atoms with van der Waals surface area (Å²) in [6, 6.07) is 3.86. The molecule has 1 fully saturated rings.